The van der Waals surface area contributed by atoms with Gasteiger partial charge in [-0.2, -0.15) is 5.10 Å². The fourth-order valence-corrected chi connectivity index (χ4v) is 1.90. The van der Waals surface area contributed by atoms with E-state index in [1.165, 1.54) is 6.33 Å². The molecule has 0 aliphatic carbocycles. The smallest absolute Gasteiger partial charge is 0.184 e. The van der Waals surface area contributed by atoms with Crippen molar-refractivity contribution < 1.29 is 4.42 Å². The highest BCUT2D eigenvalue weighted by Crippen LogP contribution is 2.24. The van der Waals surface area contributed by atoms with Crippen LogP contribution in [-0.2, 0) is 0 Å². The maximum Gasteiger partial charge on any atom is 0.184 e. The lowest BCUT2D eigenvalue weighted by atomic mass is 10.3. The quantitative estimate of drug-likeness (QED) is 0.686. The Morgan fingerprint density at radius 3 is 3.00 bits per heavy atom. The lowest BCUT2D eigenvalue weighted by Crippen LogP contribution is -1.94. The van der Waals surface area contributed by atoms with Crippen LogP contribution in [-0.4, -0.2) is 19.6 Å². The van der Waals surface area contributed by atoms with Crippen molar-refractivity contribution in [2.45, 2.75) is 6.92 Å². The van der Waals surface area contributed by atoms with Crippen molar-refractivity contribution in [2.75, 3.05) is 0 Å². The van der Waals surface area contributed by atoms with Gasteiger partial charge in [0.1, 0.15) is 16.7 Å². The SMILES string of the molecule is Cc1ccc(-c2nc(Br)cn3ncnc23)o1. The van der Waals surface area contributed by atoms with Crippen molar-refractivity contribution in [3.05, 3.63) is 35.0 Å². The number of aryl methyl sites for hydroxylation is 1. The molecule has 80 valence electrons. The number of aromatic nitrogens is 4. The predicted molar refractivity (Wildman–Crippen MR) is 60.9 cm³/mol. The van der Waals surface area contributed by atoms with Crippen molar-refractivity contribution in [3.63, 3.8) is 0 Å². The van der Waals surface area contributed by atoms with Gasteiger partial charge in [-0.05, 0) is 35.0 Å². The molecule has 0 saturated heterocycles. The van der Waals surface area contributed by atoms with Gasteiger partial charge in [0, 0.05) is 0 Å². The number of halogens is 1. The van der Waals surface area contributed by atoms with Gasteiger partial charge in [0.25, 0.3) is 0 Å². The Balaban J connectivity index is 2.33. The third-order valence-corrected chi connectivity index (χ3v) is 2.59. The maximum atomic E-state index is 5.54. The molecule has 5 nitrogen and oxygen atoms in total. The van der Waals surface area contributed by atoms with E-state index >= 15 is 0 Å². The summed E-state index contributed by atoms with van der Waals surface area (Å²) in [6.07, 6.45) is 3.24. The Bertz CT molecular complexity index is 658. The molecule has 3 rings (SSSR count). The molecule has 3 heterocycles. The molecular weight excluding hydrogens is 272 g/mol. The fraction of sp³-hybridized carbons (Fsp3) is 0.100. The lowest BCUT2D eigenvalue weighted by Gasteiger charge is -1.99. The van der Waals surface area contributed by atoms with Crippen LogP contribution in [0, 0.1) is 6.92 Å². The summed E-state index contributed by atoms with van der Waals surface area (Å²) in [5, 5.41) is 4.07. The first-order valence-corrected chi connectivity index (χ1v) is 5.46. The topological polar surface area (TPSA) is 56.2 Å². The summed E-state index contributed by atoms with van der Waals surface area (Å²) in [6, 6.07) is 3.77. The van der Waals surface area contributed by atoms with E-state index in [-0.39, 0.29) is 0 Å². The van der Waals surface area contributed by atoms with Crippen LogP contribution in [0.2, 0.25) is 0 Å². The Labute approximate surface area is 99.3 Å². The summed E-state index contributed by atoms with van der Waals surface area (Å²) in [5.41, 5.74) is 1.36. The van der Waals surface area contributed by atoms with Gasteiger partial charge in [-0.1, -0.05) is 0 Å². The van der Waals surface area contributed by atoms with Gasteiger partial charge < -0.3 is 4.42 Å². The predicted octanol–water partition coefficient (Wildman–Crippen LogP) is 2.46. The van der Waals surface area contributed by atoms with Crippen LogP contribution in [0.3, 0.4) is 0 Å². The van der Waals surface area contributed by atoms with E-state index in [0.29, 0.717) is 21.7 Å². The number of nitrogens with zero attached hydrogens (tertiary/aromatic N) is 4. The molecule has 0 aromatic carbocycles. The monoisotopic (exact) mass is 278 g/mol. The van der Waals surface area contributed by atoms with Crippen LogP contribution in [0.1, 0.15) is 5.76 Å². The molecule has 3 aromatic heterocycles. The fourth-order valence-electron chi connectivity index (χ4n) is 1.53. The molecule has 0 radical (unpaired) electrons. The summed E-state index contributed by atoms with van der Waals surface area (Å²) >= 11 is 3.33. The molecule has 3 aromatic rings. The Hall–Kier alpha value is -1.69. The minimum atomic E-state index is 0.678. The van der Waals surface area contributed by atoms with Crippen molar-refractivity contribution in [2.24, 2.45) is 0 Å². The molecule has 0 aliphatic heterocycles. The largest absolute Gasteiger partial charge is 0.460 e. The summed E-state index contributed by atoms with van der Waals surface area (Å²) in [4.78, 5) is 8.51. The van der Waals surface area contributed by atoms with Gasteiger partial charge in [0.05, 0.1) is 6.20 Å². The maximum absolute atomic E-state index is 5.54. The second-order valence-corrected chi connectivity index (χ2v) is 4.16. The molecule has 0 unspecified atom stereocenters. The number of furan rings is 1. The Kier molecular flexibility index (Phi) is 2.03. The van der Waals surface area contributed by atoms with Crippen LogP contribution in [0.4, 0.5) is 0 Å². The first kappa shape index (κ1) is 9.53. The average molecular weight is 279 g/mol. The van der Waals surface area contributed by atoms with Crippen LogP contribution in [0.25, 0.3) is 17.1 Å². The van der Waals surface area contributed by atoms with Gasteiger partial charge in [-0.3, -0.25) is 0 Å². The van der Waals surface area contributed by atoms with Gasteiger partial charge in [-0.25, -0.2) is 14.5 Å². The highest BCUT2D eigenvalue weighted by Gasteiger charge is 2.12. The summed E-state index contributed by atoms with van der Waals surface area (Å²) < 4.78 is 7.88. The van der Waals surface area contributed by atoms with Gasteiger partial charge in [0.2, 0.25) is 0 Å². The van der Waals surface area contributed by atoms with E-state index in [0.717, 1.165) is 5.76 Å². The first-order chi connectivity index (χ1) is 7.74. The number of rotatable bonds is 1. The average Bonchev–Trinajstić information content (AvgIpc) is 2.84. The number of fused-ring (bicyclic) bond motifs is 1. The second-order valence-electron chi connectivity index (χ2n) is 3.35. The van der Waals surface area contributed by atoms with E-state index < -0.39 is 0 Å². The molecule has 0 N–H and O–H groups in total. The molecule has 6 heteroatoms. The molecule has 0 fully saturated rings. The first-order valence-electron chi connectivity index (χ1n) is 4.67. The lowest BCUT2D eigenvalue weighted by molar-refractivity contribution is 0.546. The molecule has 0 saturated carbocycles. The summed E-state index contributed by atoms with van der Waals surface area (Å²) in [5.74, 6) is 1.53. The van der Waals surface area contributed by atoms with E-state index in [1.807, 2.05) is 19.1 Å². The number of hydrogen-bond acceptors (Lipinski definition) is 4. The van der Waals surface area contributed by atoms with Gasteiger partial charge >= 0.3 is 0 Å². The summed E-state index contributed by atoms with van der Waals surface area (Å²) in [7, 11) is 0. The minimum absolute atomic E-state index is 0.678. The normalized spacial score (nSPS) is 11.1. The van der Waals surface area contributed by atoms with Crippen molar-refractivity contribution in [1.82, 2.24) is 19.6 Å². The Morgan fingerprint density at radius 2 is 2.25 bits per heavy atom. The van der Waals surface area contributed by atoms with Crippen molar-refractivity contribution in [3.8, 4) is 11.5 Å². The van der Waals surface area contributed by atoms with Crippen molar-refractivity contribution in [1.29, 1.82) is 0 Å². The standard InChI is InChI=1S/C10H7BrN4O/c1-6-2-3-7(16-6)9-10-12-5-13-15(10)4-8(11)14-9/h2-5H,1H3. The number of hydrogen-bond donors (Lipinski definition) is 0. The summed E-state index contributed by atoms with van der Waals surface area (Å²) in [6.45, 7) is 1.89. The highest BCUT2D eigenvalue weighted by molar-refractivity contribution is 9.10. The third kappa shape index (κ3) is 1.42. The third-order valence-electron chi connectivity index (χ3n) is 2.21. The van der Waals surface area contributed by atoms with Crippen LogP contribution in [0.15, 0.2) is 33.7 Å². The van der Waals surface area contributed by atoms with E-state index in [1.54, 1.807) is 10.7 Å². The van der Waals surface area contributed by atoms with E-state index in [4.69, 9.17) is 4.42 Å². The molecule has 0 atom stereocenters. The van der Waals surface area contributed by atoms with Gasteiger partial charge in [-0.15, -0.1) is 0 Å². The molecule has 16 heavy (non-hydrogen) atoms. The molecule has 0 bridgehead atoms. The van der Waals surface area contributed by atoms with E-state index in [9.17, 15) is 0 Å². The van der Waals surface area contributed by atoms with E-state index in [2.05, 4.69) is 31.0 Å². The zero-order valence-electron chi connectivity index (χ0n) is 8.38. The zero-order valence-corrected chi connectivity index (χ0v) is 9.97. The van der Waals surface area contributed by atoms with Gasteiger partial charge in [0.15, 0.2) is 17.1 Å². The molecular formula is C10H7BrN4O. The van der Waals surface area contributed by atoms with Crippen LogP contribution < -0.4 is 0 Å². The molecule has 0 aliphatic rings. The Morgan fingerprint density at radius 1 is 1.38 bits per heavy atom. The van der Waals surface area contributed by atoms with Crippen LogP contribution >= 0.6 is 15.9 Å². The van der Waals surface area contributed by atoms with Crippen molar-refractivity contribution >= 4 is 21.6 Å². The molecule has 0 amide bonds. The molecule has 0 spiro atoms. The minimum Gasteiger partial charge on any atom is -0.460 e. The highest BCUT2D eigenvalue weighted by atomic mass is 79.9. The second kappa shape index (κ2) is 3.41. The van der Waals surface area contributed by atoms with Crippen LogP contribution in [0.5, 0.6) is 0 Å². The zero-order chi connectivity index (χ0) is 11.1.